The minimum Gasteiger partial charge on any atom is -0.491 e. The summed E-state index contributed by atoms with van der Waals surface area (Å²) in [5, 5.41) is 12.9. The molecule has 0 unspecified atom stereocenters. The van der Waals surface area contributed by atoms with Crippen molar-refractivity contribution in [1.29, 1.82) is 0 Å². The summed E-state index contributed by atoms with van der Waals surface area (Å²) < 4.78 is 5.33. The molecule has 0 amide bonds. The Morgan fingerprint density at radius 2 is 1.95 bits per heavy atom. The number of hydrogen-bond donors (Lipinski definition) is 2. The molecular weight excluding hydrogens is 240 g/mol. The minimum atomic E-state index is 0.00782. The first kappa shape index (κ1) is 13.1. The first-order valence-electron chi connectivity index (χ1n) is 6.06. The standard InChI is InChI=1S/C15H16N2O2/c18-9-10-19-15-8-4-5-13(11-15)12-16-17-14-6-2-1-3-7-14/h1-8,11-12,17-18H,9-10H2. The van der Waals surface area contributed by atoms with Gasteiger partial charge in [0.2, 0.25) is 0 Å². The molecule has 0 aliphatic carbocycles. The van der Waals surface area contributed by atoms with Crippen LogP contribution in [0.2, 0.25) is 0 Å². The average Bonchev–Trinajstić information content (AvgIpc) is 2.47. The van der Waals surface area contributed by atoms with Crippen LogP contribution in [0.1, 0.15) is 5.56 Å². The zero-order chi connectivity index (χ0) is 13.3. The molecule has 2 aromatic rings. The molecule has 19 heavy (non-hydrogen) atoms. The van der Waals surface area contributed by atoms with Crippen LogP contribution in [0.5, 0.6) is 5.75 Å². The number of rotatable bonds is 6. The van der Waals surface area contributed by atoms with Crippen molar-refractivity contribution >= 4 is 11.9 Å². The predicted octanol–water partition coefficient (Wildman–Crippen LogP) is 2.50. The highest BCUT2D eigenvalue weighted by molar-refractivity contribution is 5.80. The number of aliphatic hydroxyl groups is 1. The van der Waals surface area contributed by atoms with Gasteiger partial charge in [-0.2, -0.15) is 5.10 Å². The Balaban J connectivity index is 1.95. The molecule has 0 bridgehead atoms. The second kappa shape index (κ2) is 7.18. The van der Waals surface area contributed by atoms with Crippen molar-refractivity contribution in [2.24, 2.45) is 5.10 Å². The van der Waals surface area contributed by atoms with Crippen molar-refractivity contribution in [2.75, 3.05) is 18.6 Å². The highest BCUT2D eigenvalue weighted by Gasteiger charge is 1.94. The molecule has 4 heteroatoms. The molecule has 0 atom stereocenters. The first-order valence-corrected chi connectivity index (χ1v) is 6.06. The van der Waals surface area contributed by atoms with Gasteiger partial charge in [-0.05, 0) is 29.8 Å². The molecule has 98 valence electrons. The Morgan fingerprint density at radius 1 is 1.11 bits per heavy atom. The molecular formula is C15H16N2O2. The normalized spacial score (nSPS) is 10.6. The fourth-order valence-corrected chi connectivity index (χ4v) is 1.54. The van der Waals surface area contributed by atoms with Gasteiger partial charge < -0.3 is 9.84 Å². The average molecular weight is 256 g/mol. The second-order valence-corrected chi connectivity index (χ2v) is 3.88. The summed E-state index contributed by atoms with van der Waals surface area (Å²) in [6.07, 6.45) is 1.72. The molecule has 0 fully saturated rings. The van der Waals surface area contributed by atoms with Crippen molar-refractivity contribution < 1.29 is 9.84 Å². The monoisotopic (exact) mass is 256 g/mol. The third kappa shape index (κ3) is 4.44. The van der Waals surface area contributed by atoms with Crippen LogP contribution in [-0.2, 0) is 0 Å². The third-order valence-electron chi connectivity index (χ3n) is 2.40. The fraction of sp³-hybridized carbons (Fsp3) is 0.133. The van der Waals surface area contributed by atoms with Crippen molar-refractivity contribution in [1.82, 2.24) is 0 Å². The number of para-hydroxylation sites is 1. The number of aliphatic hydroxyl groups excluding tert-OH is 1. The number of nitrogens with one attached hydrogen (secondary N) is 1. The summed E-state index contributed by atoms with van der Waals surface area (Å²) >= 11 is 0. The van der Waals surface area contributed by atoms with Crippen LogP contribution in [0, 0.1) is 0 Å². The summed E-state index contributed by atoms with van der Waals surface area (Å²) in [4.78, 5) is 0. The van der Waals surface area contributed by atoms with Gasteiger partial charge in [-0.15, -0.1) is 0 Å². The highest BCUT2D eigenvalue weighted by atomic mass is 16.5. The van der Waals surface area contributed by atoms with Gasteiger partial charge in [0.1, 0.15) is 12.4 Å². The van der Waals surface area contributed by atoms with E-state index in [0.717, 1.165) is 17.0 Å². The van der Waals surface area contributed by atoms with Crippen molar-refractivity contribution in [2.45, 2.75) is 0 Å². The molecule has 0 heterocycles. The van der Waals surface area contributed by atoms with Crippen molar-refractivity contribution in [3.05, 3.63) is 60.2 Å². The van der Waals surface area contributed by atoms with E-state index in [2.05, 4.69) is 10.5 Å². The molecule has 0 spiro atoms. The number of nitrogens with zero attached hydrogens (tertiary/aromatic N) is 1. The van der Waals surface area contributed by atoms with Gasteiger partial charge in [0.15, 0.2) is 0 Å². The van der Waals surface area contributed by atoms with Gasteiger partial charge in [0, 0.05) is 0 Å². The maximum Gasteiger partial charge on any atom is 0.120 e. The van der Waals surface area contributed by atoms with E-state index >= 15 is 0 Å². The molecule has 2 aromatic carbocycles. The van der Waals surface area contributed by atoms with E-state index in [0.29, 0.717) is 6.61 Å². The molecule has 2 N–H and O–H groups in total. The number of hydrazone groups is 1. The molecule has 0 aromatic heterocycles. The van der Waals surface area contributed by atoms with Crippen LogP contribution in [0.25, 0.3) is 0 Å². The van der Waals surface area contributed by atoms with Crippen LogP contribution >= 0.6 is 0 Å². The van der Waals surface area contributed by atoms with Crippen LogP contribution < -0.4 is 10.2 Å². The third-order valence-corrected chi connectivity index (χ3v) is 2.40. The quantitative estimate of drug-likeness (QED) is 0.616. The van der Waals surface area contributed by atoms with E-state index in [1.165, 1.54) is 0 Å². The van der Waals surface area contributed by atoms with Gasteiger partial charge in [0.05, 0.1) is 18.5 Å². The number of ether oxygens (including phenoxy) is 1. The lowest BCUT2D eigenvalue weighted by atomic mass is 10.2. The summed E-state index contributed by atoms with van der Waals surface area (Å²) in [5.74, 6) is 0.720. The Labute approximate surface area is 112 Å². The van der Waals surface area contributed by atoms with Crippen LogP contribution in [-0.4, -0.2) is 24.5 Å². The van der Waals surface area contributed by atoms with Gasteiger partial charge in [0.25, 0.3) is 0 Å². The van der Waals surface area contributed by atoms with E-state index < -0.39 is 0 Å². The van der Waals surface area contributed by atoms with Gasteiger partial charge in [-0.3, -0.25) is 5.43 Å². The topological polar surface area (TPSA) is 53.9 Å². The maximum absolute atomic E-state index is 8.70. The SMILES string of the molecule is OCCOc1cccc(C=NNc2ccccc2)c1. The molecule has 4 nitrogen and oxygen atoms in total. The smallest absolute Gasteiger partial charge is 0.120 e. The maximum atomic E-state index is 8.70. The van der Waals surface area contributed by atoms with E-state index in [1.807, 2.05) is 54.6 Å². The number of hydrogen-bond acceptors (Lipinski definition) is 4. The Hall–Kier alpha value is -2.33. The Morgan fingerprint density at radius 3 is 2.74 bits per heavy atom. The summed E-state index contributed by atoms with van der Waals surface area (Å²) in [5.41, 5.74) is 4.81. The molecule has 0 aliphatic rings. The molecule has 2 rings (SSSR count). The number of benzene rings is 2. The van der Waals surface area contributed by atoms with E-state index in [1.54, 1.807) is 6.21 Å². The molecule has 0 radical (unpaired) electrons. The van der Waals surface area contributed by atoms with Gasteiger partial charge in [-0.25, -0.2) is 0 Å². The second-order valence-electron chi connectivity index (χ2n) is 3.88. The zero-order valence-electron chi connectivity index (χ0n) is 10.5. The van der Waals surface area contributed by atoms with Gasteiger partial charge in [-0.1, -0.05) is 30.3 Å². The van der Waals surface area contributed by atoms with Crippen LogP contribution in [0.3, 0.4) is 0 Å². The van der Waals surface area contributed by atoms with E-state index in [-0.39, 0.29) is 6.61 Å². The van der Waals surface area contributed by atoms with Crippen molar-refractivity contribution in [3.8, 4) is 5.75 Å². The first-order chi connectivity index (χ1) is 9.38. The van der Waals surface area contributed by atoms with Crippen molar-refractivity contribution in [3.63, 3.8) is 0 Å². The lowest BCUT2D eigenvalue weighted by Crippen LogP contribution is -2.01. The fourth-order valence-electron chi connectivity index (χ4n) is 1.54. The summed E-state index contributed by atoms with van der Waals surface area (Å²) in [7, 11) is 0. The molecule has 0 saturated carbocycles. The summed E-state index contributed by atoms with van der Waals surface area (Å²) in [6.45, 7) is 0.302. The predicted molar refractivity (Wildman–Crippen MR) is 76.7 cm³/mol. The minimum absolute atomic E-state index is 0.00782. The lowest BCUT2D eigenvalue weighted by molar-refractivity contribution is 0.201. The summed E-state index contributed by atoms with van der Waals surface area (Å²) in [6, 6.07) is 17.3. The molecule has 0 saturated heterocycles. The lowest BCUT2D eigenvalue weighted by Gasteiger charge is -2.04. The Bertz CT molecular complexity index is 527. The Kier molecular flexibility index (Phi) is 4.96. The van der Waals surface area contributed by atoms with Crippen LogP contribution in [0.4, 0.5) is 5.69 Å². The largest absolute Gasteiger partial charge is 0.491 e. The van der Waals surface area contributed by atoms with Crippen LogP contribution in [0.15, 0.2) is 59.7 Å². The van der Waals surface area contributed by atoms with Gasteiger partial charge >= 0.3 is 0 Å². The van der Waals surface area contributed by atoms with E-state index in [9.17, 15) is 0 Å². The van der Waals surface area contributed by atoms with E-state index in [4.69, 9.17) is 9.84 Å². The zero-order valence-corrected chi connectivity index (χ0v) is 10.5. The molecule has 0 aliphatic heterocycles. The highest BCUT2D eigenvalue weighted by Crippen LogP contribution is 2.12. The number of anilines is 1.